The minimum Gasteiger partial charge on any atom is -0.348 e. The molecule has 1 aliphatic heterocycles. The van der Waals surface area contributed by atoms with Crippen molar-refractivity contribution >= 4 is 16.9 Å². The molecule has 1 aliphatic carbocycles. The minimum atomic E-state index is 0.416. The predicted molar refractivity (Wildman–Crippen MR) is 93.7 cm³/mol. The third-order valence-electron chi connectivity index (χ3n) is 5.87. The van der Waals surface area contributed by atoms with Gasteiger partial charge < -0.3 is 4.90 Å². The highest BCUT2D eigenvalue weighted by atomic mass is 15.3. The molecule has 0 bridgehead atoms. The Hall–Kier alpha value is -2.43. The Morgan fingerprint density at radius 2 is 1.88 bits per heavy atom. The molecule has 0 N–H and O–H groups in total. The molecule has 122 valence electrons. The van der Waals surface area contributed by atoms with E-state index in [9.17, 15) is 0 Å². The van der Waals surface area contributed by atoms with Crippen LogP contribution in [0.2, 0.25) is 0 Å². The maximum Gasteiger partial charge on any atom is 0.163 e. The van der Waals surface area contributed by atoms with Crippen LogP contribution in [0.25, 0.3) is 11.0 Å². The molecule has 0 unspecified atom stereocenters. The van der Waals surface area contributed by atoms with E-state index in [1.54, 1.807) is 6.33 Å². The highest BCUT2D eigenvalue weighted by molar-refractivity contribution is 5.87. The quantitative estimate of drug-likeness (QED) is 0.725. The first-order valence-electron chi connectivity index (χ1n) is 8.73. The Morgan fingerprint density at radius 1 is 1.08 bits per heavy atom. The van der Waals surface area contributed by atoms with Gasteiger partial charge in [0, 0.05) is 19.0 Å². The second kappa shape index (κ2) is 5.03. The molecule has 1 spiro atoms. The number of aromatic nitrogens is 4. The number of nitrogens with zero attached hydrogens (tertiary/aromatic N) is 5. The summed E-state index contributed by atoms with van der Waals surface area (Å²) in [6.45, 7) is 1.09. The number of benzene rings is 1. The lowest BCUT2D eigenvalue weighted by atomic mass is 9.67. The zero-order chi connectivity index (χ0) is 16.1. The van der Waals surface area contributed by atoms with Crippen molar-refractivity contribution in [2.45, 2.75) is 31.7 Å². The first-order valence-corrected chi connectivity index (χ1v) is 8.73. The highest BCUT2D eigenvalue weighted by Crippen LogP contribution is 2.59. The van der Waals surface area contributed by atoms with Crippen LogP contribution in [0.4, 0.5) is 5.82 Å². The summed E-state index contributed by atoms with van der Waals surface area (Å²) in [6.07, 6.45) is 8.91. The zero-order valence-electron chi connectivity index (χ0n) is 13.9. The predicted octanol–water partition coefficient (Wildman–Crippen LogP) is 3.49. The molecule has 0 radical (unpaired) electrons. The Labute approximate surface area is 141 Å². The van der Waals surface area contributed by atoms with E-state index in [0.29, 0.717) is 11.5 Å². The van der Waals surface area contributed by atoms with Crippen LogP contribution < -0.4 is 4.90 Å². The van der Waals surface area contributed by atoms with Crippen LogP contribution in [0.15, 0.2) is 42.9 Å². The van der Waals surface area contributed by atoms with Crippen LogP contribution in [0, 0.1) is 5.41 Å². The third kappa shape index (κ3) is 1.84. The summed E-state index contributed by atoms with van der Waals surface area (Å²) in [5, 5.41) is 5.42. The van der Waals surface area contributed by atoms with Crippen LogP contribution in [-0.4, -0.2) is 26.3 Å². The van der Waals surface area contributed by atoms with E-state index in [1.165, 1.54) is 31.2 Å². The van der Waals surface area contributed by atoms with E-state index < -0.39 is 0 Å². The Kier molecular flexibility index (Phi) is 2.93. The molecule has 5 rings (SSSR count). The average Bonchev–Trinajstić information content (AvgIpc) is 3.23. The number of fused-ring (bicyclic) bond motifs is 1. The van der Waals surface area contributed by atoms with Crippen molar-refractivity contribution in [3.05, 3.63) is 48.4 Å². The number of anilines is 1. The molecule has 1 atom stereocenters. The van der Waals surface area contributed by atoms with Crippen molar-refractivity contribution in [2.75, 3.05) is 11.4 Å². The number of hydrogen-bond acceptors (Lipinski definition) is 4. The molecule has 1 saturated heterocycles. The molecular weight excluding hydrogens is 298 g/mol. The van der Waals surface area contributed by atoms with Crippen molar-refractivity contribution in [2.24, 2.45) is 12.5 Å². The van der Waals surface area contributed by atoms with Crippen molar-refractivity contribution in [1.29, 1.82) is 0 Å². The second-order valence-electron chi connectivity index (χ2n) is 7.21. The molecule has 2 aliphatic rings. The topological polar surface area (TPSA) is 46.8 Å². The molecule has 0 amide bonds. The van der Waals surface area contributed by atoms with Crippen LogP contribution in [0.5, 0.6) is 0 Å². The average molecular weight is 319 g/mol. The monoisotopic (exact) mass is 319 g/mol. The lowest BCUT2D eigenvalue weighted by Gasteiger charge is -2.57. The van der Waals surface area contributed by atoms with E-state index >= 15 is 0 Å². The number of rotatable bonds is 2. The lowest BCUT2D eigenvalue weighted by molar-refractivity contribution is 0.135. The first kappa shape index (κ1) is 14.0. The van der Waals surface area contributed by atoms with Crippen LogP contribution in [0.1, 0.15) is 37.3 Å². The van der Waals surface area contributed by atoms with E-state index in [1.807, 2.05) is 17.9 Å². The van der Waals surface area contributed by atoms with Crippen LogP contribution >= 0.6 is 0 Å². The molecule has 2 aromatic heterocycles. The van der Waals surface area contributed by atoms with Crippen LogP contribution in [0.3, 0.4) is 0 Å². The van der Waals surface area contributed by atoms with Crippen molar-refractivity contribution in [3.63, 3.8) is 0 Å². The number of aryl methyl sites for hydroxylation is 1. The van der Waals surface area contributed by atoms with E-state index in [0.717, 1.165) is 23.4 Å². The summed E-state index contributed by atoms with van der Waals surface area (Å²) >= 11 is 0. The van der Waals surface area contributed by atoms with Gasteiger partial charge in [-0.25, -0.2) is 9.97 Å². The van der Waals surface area contributed by atoms with Gasteiger partial charge in [0.1, 0.15) is 12.1 Å². The first-order chi connectivity index (χ1) is 11.8. The fraction of sp³-hybridized carbons (Fsp3) is 0.421. The Morgan fingerprint density at radius 3 is 2.67 bits per heavy atom. The van der Waals surface area contributed by atoms with Gasteiger partial charge in [-0.05, 0) is 18.4 Å². The zero-order valence-corrected chi connectivity index (χ0v) is 13.9. The van der Waals surface area contributed by atoms with Gasteiger partial charge in [-0.15, -0.1) is 0 Å². The fourth-order valence-electron chi connectivity index (χ4n) is 4.79. The molecule has 5 heteroatoms. The maximum absolute atomic E-state index is 4.63. The minimum absolute atomic E-state index is 0.416. The summed E-state index contributed by atoms with van der Waals surface area (Å²) in [5.41, 5.74) is 2.72. The smallest absolute Gasteiger partial charge is 0.163 e. The number of hydrogen-bond donors (Lipinski definition) is 0. The Balaban J connectivity index is 1.62. The van der Waals surface area contributed by atoms with Crippen LogP contribution in [-0.2, 0) is 7.05 Å². The van der Waals surface area contributed by atoms with Crippen molar-refractivity contribution in [1.82, 2.24) is 19.7 Å². The van der Waals surface area contributed by atoms with E-state index in [4.69, 9.17) is 0 Å². The molecule has 5 nitrogen and oxygen atoms in total. The van der Waals surface area contributed by atoms with Crippen molar-refractivity contribution < 1.29 is 0 Å². The van der Waals surface area contributed by atoms with E-state index in [-0.39, 0.29) is 0 Å². The summed E-state index contributed by atoms with van der Waals surface area (Å²) in [4.78, 5) is 11.5. The third-order valence-corrected chi connectivity index (χ3v) is 5.87. The summed E-state index contributed by atoms with van der Waals surface area (Å²) in [5.74, 6) is 1.03. The van der Waals surface area contributed by atoms with Gasteiger partial charge >= 0.3 is 0 Å². The normalized spacial score (nSPS) is 22.2. The largest absolute Gasteiger partial charge is 0.348 e. The molecule has 1 saturated carbocycles. The summed E-state index contributed by atoms with van der Waals surface area (Å²) < 4.78 is 1.82. The van der Waals surface area contributed by atoms with Gasteiger partial charge in [-0.2, -0.15) is 5.10 Å². The molecular formula is C19H21N5. The lowest BCUT2D eigenvalue weighted by Crippen LogP contribution is -2.58. The molecule has 1 aromatic carbocycles. The standard InChI is InChI=1S/C19H21N5/c1-23-17-15(11-22-23)18(21-13-20-17)24-12-19(9-5-6-10-19)16(24)14-7-3-2-4-8-14/h2-4,7-8,11,13,16H,5-6,9-10,12H2,1H3/t16-/m1/s1. The SMILES string of the molecule is Cn1ncc2c(N3CC4(CCCC4)[C@H]3c3ccccc3)ncnc21. The van der Waals surface area contributed by atoms with Gasteiger partial charge in [0.15, 0.2) is 5.65 Å². The fourth-order valence-corrected chi connectivity index (χ4v) is 4.79. The van der Waals surface area contributed by atoms with Gasteiger partial charge in [0.05, 0.1) is 17.6 Å². The summed E-state index contributed by atoms with van der Waals surface area (Å²) in [6, 6.07) is 11.3. The van der Waals surface area contributed by atoms with Crippen molar-refractivity contribution in [3.8, 4) is 0 Å². The van der Waals surface area contributed by atoms with Gasteiger partial charge in [0.2, 0.25) is 0 Å². The van der Waals surface area contributed by atoms with Gasteiger partial charge in [-0.3, -0.25) is 4.68 Å². The Bertz CT molecular complexity index is 879. The molecule has 2 fully saturated rings. The summed E-state index contributed by atoms with van der Waals surface area (Å²) in [7, 11) is 1.93. The van der Waals surface area contributed by atoms with Gasteiger partial charge in [-0.1, -0.05) is 43.2 Å². The highest BCUT2D eigenvalue weighted by Gasteiger charge is 2.54. The molecule has 3 aromatic rings. The van der Waals surface area contributed by atoms with Gasteiger partial charge in [0.25, 0.3) is 0 Å². The molecule has 24 heavy (non-hydrogen) atoms. The molecule has 3 heterocycles. The maximum atomic E-state index is 4.63. The second-order valence-corrected chi connectivity index (χ2v) is 7.21. The van der Waals surface area contributed by atoms with E-state index in [2.05, 4.69) is 50.3 Å².